The number of hydrogen-bond acceptors (Lipinski definition) is 5. The fraction of sp³-hybridized carbons (Fsp3) is 0.235. The van der Waals surface area contributed by atoms with E-state index in [-0.39, 0.29) is 19.0 Å². The van der Waals surface area contributed by atoms with Gasteiger partial charge in [-0.3, -0.25) is 0 Å². The summed E-state index contributed by atoms with van der Waals surface area (Å²) in [6.07, 6.45) is -0.650. The molecule has 0 aromatic heterocycles. The van der Waals surface area contributed by atoms with Crippen LogP contribution in [-0.2, 0) is 11.3 Å². The van der Waals surface area contributed by atoms with Gasteiger partial charge in [0.25, 0.3) is 0 Å². The number of rotatable bonds is 6. The van der Waals surface area contributed by atoms with Gasteiger partial charge in [0.05, 0.1) is 19.8 Å². The minimum Gasteiger partial charge on any atom is -0.508 e. The monoisotopic (exact) mass is 317 g/mol. The Kier molecular flexibility index (Phi) is 5.82. The van der Waals surface area contributed by atoms with E-state index in [9.17, 15) is 15.0 Å². The van der Waals surface area contributed by atoms with E-state index in [0.717, 1.165) is 5.56 Å². The van der Waals surface area contributed by atoms with Crippen molar-refractivity contribution in [2.75, 3.05) is 13.7 Å². The maximum absolute atomic E-state index is 11.9. The Morgan fingerprint density at radius 3 is 2.61 bits per heavy atom. The molecular formula is C17H19NO5. The lowest BCUT2D eigenvalue weighted by Gasteiger charge is -2.19. The maximum atomic E-state index is 11.9. The number of ether oxygens (including phenoxy) is 2. The number of alkyl carbamates (subject to hydrolysis) is 1. The molecule has 6 nitrogen and oxygen atoms in total. The van der Waals surface area contributed by atoms with Crippen molar-refractivity contribution in [2.24, 2.45) is 0 Å². The van der Waals surface area contributed by atoms with Crippen LogP contribution in [0.1, 0.15) is 17.2 Å². The second kappa shape index (κ2) is 8.05. The maximum Gasteiger partial charge on any atom is 0.408 e. The molecule has 0 heterocycles. The highest BCUT2D eigenvalue weighted by molar-refractivity contribution is 5.68. The summed E-state index contributed by atoms with van der Waals surface area (Å²) >= 11 is 0. The normalized spacial score (nSPS) is 11.6. The van der Waals surface area contributed by atoms with E-state index < -0.39 is 12.1 Å². The predicted octanol–water partition coefficient (Wildman–Crippen LogP) is 2.36. The van der Waals surface area contributed by atoms with Crippen molar-refractivity contribution < 1.29 is 24.5 Å². The van der Waals surface area contributed by atoms with Gasteiger partial charge in [0.2, 0.25) is 0 Å². The number of carbonyl (C=O) groups is 1. The van der Waals surface area contributed by atoms with Crippen LogP contribution in [0.4, 0.5) is 4.79 Å². The molecule has 1 unspecified atom stereocenters. The summed E-state index contributed by atoms with van der Waals surface area (Å²) in [6, 6.07) is 13.0. The number of phenols is 1. The standard InChI is InChI=1S/C17H19NO5/c1-22-16-9-13(20)7-8-14(16)15(10-19)18-17(21)23-11-12-5-3-2-4-6-12/h2-9,15,19-20H,10-11H2,1H3,(H,18,21). The van der Waals surface area contributed by atoms with Crippen LogP contribution in [0.2, 0.25) is 0 Å². The van der Waals surface area contributed by atoms with Crippen molar-refractivity contribution in [1.82, 2.24) is 5.32 Å². The lowest BCUT2D eigenvalue weighted by molar-refractivity contribution is 0.129. The van der Waals surface area contributed by atoms with Crippen LogP contribution in [0.25, 0.3) is 0 Å². The van der Waals surface area contributed by atoms with Crippen molar-refractivity contribution >= 4 is 6.09 Å². The number of phenolic OH excluding ortho intramolecular Hbond substituents is 1. The molecule has 23 heavy (non-hydrogen) atoms. The van der Waals surface area contributed by atoms with Crippen LogP contribution < -0.4 is 10.1 Å². The smallest absolute Gasteiger partial charge is 0.408 e. The molecule has 2 rings (SSSR count). The molecule has 0 aliphatic carbocycles. The Balaban J connectivity index is 2.00. The Labute approximate surface area is 134 Å². The molecule has 1 atom stereocenters. The highest BCUT2D eigenvalue weighted by Gasteiger charge is 2.19. The van der Waals surface area contributed by atoms with E-state index in [1.807, 2.05) is 30.3 Å². The highest BCUT2D eigenvalue weighted by Crippen LogP contribution is 2.28. The molecule has 2 aromatic rings. The molecule has 0 saturated heterocycles. The minimum atomic E-state index is -0.700. The van der Waals surface area contributed by atoms with Gasteiger partial charge in [-0.25, -0.2) is 4.79 Å². The number of hydrogen-bond donors (Lipinski definition) is 3. The molecule has 3 N–H and O–H groups in total. The van der Waals surface area contributed by atoms with Crippen LogP contribution in [-0.4, -0.2) is 30.0 Å². The van der Waals surface area contributed by atoms with Gasteiger partial charge in [0.15, 0.2) is 0 Å². The minimum absolute atomic E-state index is 0.0361. The zero-order valence-electron chi connectivity index (χ0n) is 12.7. The van der Waals surface area contributed by atoms with E-state index in [0.29, 0.717) is 11.3 Å². The molecule has 6 heteroatoms. The number of aliphatic hydroxyl groups excluding tert-OH is 1. The zero-order chi connectivity index (χ0) is 16.7. The average Bonchev–Trinajstić information content (AvgIpc) is 2.59. The summed E-state index contributed by atoms with van der Waals surface area (Å²) in [7, 11) is 1.44. The van der Waals surface area contributed by atoms with Crippen LogP contribution >= 0.6 is 0 Å². The largest absolute Gasteiger partial charge is 0.508 e. The zero-order valence-corrected chi connectivity index (χ0v) is 12.7. The van der Waals surface area contributed by atoms with Crippen molar-refractivity contribution in [3.05, 3.63) is 59.7 Å². The number of benzene rings is 2. The van der Waals surface area contributed by atoms with E-state index in [4.69, 9.17) is 9.47 Å². The fourth-order valence-electron chi connectivity index (χ4n) is 2.12. The summed E-state index contributed by atoms with van der Waals surface area (Å²) in [4.78, 5) is 11.9. The average molecular weight is 317 g/mol. The third kappa shape index (κ3) is 4.62. The Hall–Kier alpha value is -2.73. The molecule has 0 spiro atoms. The van der Waals surface area contributed by atoms with E-state index in [1.54, 1.807) is 6.07 Å². The predicted molar refractivity (Wildman–Crippen MR) is 84.2 cm³/mol. The van der Waals surface area contributed by atoms with Crippen LogP contribution in [0.3, 0.4) is 0 Å². The van der Waals surface area contributed by atoms with Gasteiger partial charge in [0.1, 0.15) is 18.1 Å². The first-order valence-electron chi connectivity index (χ1n) is 7.09. The lowest BCUT2D eigenvalue weighted by Crippen LogP contribution is -2.31. The van der Waals surface area contributed by atoms with Crippen molar-refractivity contribution in [3.8, 4) is 11.5 Å². The first-order chi connectivity index (χ1) is 11.1. The quantitative estimate of drug-likeness (QED) is 0.761. The topological polar surface area (TPSA) is 88.0 Å². The number of aromatic hydroxyl groups is 1. The van der Waals surface area contributed by atoms with Gasteiger partial charge in [-0.05, 0) is 17.7 Å². The first-order valence-corrected chi connectivity index (χ1v) is 7.09. The van der Waals surface area contributed by atoms with Crippen LogP contribution in [0, 0.1) is 0 Å². The Morgan fingerprint density at radius 1 is 1.22 bits per heavy atom. The van der Waals surface area contributed by atoms with Gasteiger partial charge >= 0.3 is 6.09 Å². The summed E-state index contributed by atoms with van der Waals surface area (Å²) in [6.45, 7) is -0.195. The highest BCUT2D eigenvalue weighted by atomic mass is 16.5. The number of methoxy groups -OCH3 is 1. The number of carbonyl (C=O) groups excluding carboxylic acids is 1. The van der Waals surface area contributed by atoms with Crippen molar-refractivity contribution in [1.29, 1.82) is 0 Å². The van der Waals surface area contributed by atoms with Gasteiger partial charge in [0, 0.05) is 11.6 Å². The molecule has 0 aliphatic heterocycles. The van der Waals surface area contributed by atoms with E-state index >= 15 is 0 Å². The molecule has 0 saturated carbocycles. The molecule has 0 bridgehead atoms. The van der Waals surface area contributed by atoms with Gasteiger partial charge in [-0.2, -0.15) is 0 Å². The third-order valence-corrected chi connectivity index (χ3v) is 3.28. The molecule has 2 aromatic carbocycles. The van der Waals surface area contributed by atoms with Crippen LogP contribution in [0.15, 0.2) is 48.5 Å². The number of amides is 1. The molecule has 1 amide bonds. The summed E-state index contributed by atoms with van der Waals surface area (Å²) in [5.74, 6) is 0.404. The van der Waals surface area contributed by atoms with E-state index in [2.05, 4.69) is 5.32 Å². The summed E-state index contributed by atoms with van der Waals surface area (Å²) in [5, 5.41) is 21.5. The Morgan fingerprint density at radius 2 is 1.96 bits per heavy atom. The van der Waals surface area contributed by atoms with Gasteiger partial charge in [-0.15, -0.1) is 0 Å². The molecule has 0 aliphatic rings. The molecule has 122 valence electrons. The van der Waals surface area contributed by atoms with Crippen LogP contribution in [0.5, 0.6) is 11.5 Å². The van der Waals surface area contributed by atoms with E-state index in [1.165, 1.54) is 19.2 Å². The number of nitrogens with one attached hydrogen (secondary N) is 1. The van der Waals surface area contributed by atoms with Crippen molar-refractivity contribution in [2.45, 2.75) is 12.6 Å². The fourth-order valence-corrected chi connectivity index (χ4v) is 2.12. The van der Waals surface area contributed by atoms with Gasteiger partial charge in [-0.1, -0.05) is 30.3 Å². The molecule has 0 fully saturated rings. The first kappa shape index (κ1) is 16.6. The third-order valence-electron chi connectivity index (χ3n) is 3.28. The second-order valence-electron chi connectivity index (χ2n) is 4.87. The SMILES string of the molecule is COc1cc(O)ccc1C(CO)NC(=O)OCc1ccccc1. The van der Waals surface area contributed by atoms with Gasteiger partial charge < -0.3 is 25.0 Å². The van der Waals surface area contributed by atoms with Crippen molar-refractivity contribution in [3.63, 3.8) is 0 Å². The molecule has 0 radical (unpaired) electrons. The number of aliphatic hydroxyl groups is 1. The summed E-state index contributed by atoms with van der Waals surface area (Å²) < 4.78 is 10.3. The summed E-state index contributed by atoms with van der Waals surface area (Å²) in [5.41, 5.74) is 1.41. The lowest BCUT2D eigenvalue weighted by atomic mass is 10.1. The Bertz CT molecular complexity index is 645. The second-order valence-corrected chi connectivity index (χ2v) is 4.87. The molecular weight excluding hydrogens is 298 g/mol.